The molecular formula is C31H60O5. The van der Waals surface area contributed by atoms with Crippen LogP contribution in [-0.2, 0) is 19.0 Å². The molecule has 1 aliphatic rings. The average Bonchev–Trinajstić information content (AvgIpc) is 2.82. The van der Waals surface area contributed by atoms with Gasteiger partial charge in [0.15, 0.2) is 6.29 Å². The Balaban J connectivity index is 2.64. The normalized spacial score (nSPS) is 19.1. The van der Waals surface area contributed by atoms with Crippen molar-refractivity contribution in [1.82, 2.24) is 0 Å². The van der Waals surface area contributed by atoms with Crippen LogP contribution in [0.2, 0.25) is 0 Å². The number of carbonyl (C=O) groups is 1. The van der Waals surface area contributed by atoms with Gasteiger partial charge in [-0.05, 0) is 52.9 Å². The number of hydrogen-bond donors (Lipinski definition) is 1. The van der Waals surface area contributed by atoms with Gasteiger partial charge in [0.05, 0.1) is 18.1 Å². The highest BCUT2D eigenvalue weighted by Crippen LogP contribution is 2.27. The Morgan fingerprint density at radius 3 is 1.97 bits per heavy atom. The van der Waals surface area contributed by atoms with E-state index in [1.165, 1.54) is 51.4 Å². The van der Waals surface area contributed by atoms with Crippen molar-refractivity contribution in [3.63, 3.8) is 0 Å². The second kappa shape index (κ2) is 20.3. The molecule has 5 heteroatoms. The van der Waals surface area contributed by atoms with Gasteiger partial charge in [-0.3, -0.25) is 4.79 Å². The van der Waals surface area contributed by atoms with E-state index in [2.05, 4.69) is 13.8 Å². The molecule has 0 amide bonds. The molecule has 0 bridgehead atoms. The molecule has 1 aliphatic heterocycles. The van der Waals surface area contributed by atoms with E-state index in [0.717, 1.165) is 64.4 Å². The molecule has 0 aliphatic carbocycles. The molecule has 0 saturated carbocycles. The van der Waals surface area contributed by atoms with E-state index >= 15 is 0 Å². The van der Waals surface area contributed by atoms with Crippen molar-refractivity contribution < 1.29 is 24.1 Å². The molecule has 0 aromatic rings. The third-order valence-electron chi connectivity index (χ3n) is 7.16. The van der Waals surface area contributed by atoms with E-state index in [1.54, 1.807) is 0 Å². The van der Waals surface area contributed by atoms with Crippen molar-refractivity contribution in [1.29, 1.82) is 0 Å². The summed E-state index contributed by atoms with van der Waals surface area (Å²) in [6.07, 6.45) is 20.0. The van der Waals surface area contributed by atoms with Crippen molar-refractivity contribution in [2.24, 2.45) is 5.92 Å². The van der Waals surface area contributed by atoms with Gasteiger partial charge in [-0.25, -0.2) is 0 Å². The summed E-state index contributed by atoms with van der Waals surface area (Å²) in [5.41, 5.74) is -0.555. The largest absolute Gasteiger partial charge is 0.460 e. The summed E-state index contributed by atoms with van der Waals surface area (Å²) < 4.78 is 17.9. The lowest BCUT2D eigenvalue weighted by atomic mass is 9.90. The first-order chi connectivity index (χ1) is 17.3. The molecule has 1 heterocycles. The van der Waals surface area contributed by atoms with Crippen LogP contribution in [0.5, 0.6) is 0 Å². The summed E-state index contributed by atoms with van der Waals surface area (Å²) in [7, 11) is 0. The molecular weight excluding hydrogens is 452 g/mol. The molecule has 5 nitrogen and oxygen atoms in total. The lowest BCUT2D eigenvalue weighted by molar-refractivity contribution is -0.197. The maximum Gasteiger partial charge on any atom is 0.312 e. The molecule has 0 spiro atoms. The topological polar surface area (TPSA) is 65.0 Å². The Bertz CT molecular complexity index is 524. The second-order valence-electron chi connectivity index (χ2n) is 12.0. The highest BCUT2D eigenvalue weighted by Gasteiger charge is 2.33. The summed E-state index contributed by atoms with van der Waals surface area (Å²) in [6.45, 7) is 10.9. The fourth-order valence-electron chi connectivity index (χ4n) is 5.03. The zero-order chi connectivity index (χ0) is 26.7. The predicted octanol–water partition coefficient (Wildman–Crippen LogP) is 8.50. The van der Waals surface area contributed by atoms with Crippen molar-refractivity contribution in [3.8, 4) is 0 Å². The molecule has 36 heavy (non-hydrogen) atoms. The number of carbonyl (C=O) groups excluding carboxylic acids is 1. The van der Waals surface area contributed by atoms with E-state index in [1.807, 2.05) is 20.8 Å². The Labute approximate surface area is 223 Å². The van der Waals surface area contributed by atoms with Gasteiger partial charge in [0.25, 0.3) is 0 Å². The number of rotatable bonds is 21. The van der Waals surface area contributed by atoms with Gasteiger partial charge in [0.2, 0.25) is 0 Å². The quantitative estimate of drug-likeness (QED) is 0.123. The van der Waals surface area contributed by atoms with Crippen LogP contribution in [0.1, 0.15) is 157 Å². The smallest absolute Gasteiger partial charge is 0.312 e. The molecule has 0 radical (unpaired) electrons. The van der Waals surface area contributed by atoms with E-state index < -0.39 is 17.6 Å². The Kier molecular flexibility index (Phi) is 18.8. The first kappa shape index (κ1) is 33.4. The number of aliphatic hydroxyl groups excluding tert-OH is 1. The molecule has 3 unspecified atom stereocenters. The third kappa shape index (κ3) is 17.0. The molecule has 1 N–H and O–H groups in total. The van der Waals surface area contributed by atoms with Gasteiger partial charge in [-0.2, -0.15) is 0 Å². The van der Waals surface area contributed by atoms with Crippen LogP contribution in [0, 0.1) is 5.92 Å². The molecule has 1 fully saturated rings. The van der Waals surface area contributed by atoms with Crippen molar-refractivity contribution in [3.05, 3.63) is 0 Å². The van der Waals surface area contributed by atoms with Gasteiger partial charge >= 0.3 is 5.97 Å². The van der Waals surface area contributed by atoms with Gasteiger partial charge in [0, 0.05) is 13.0 Å². The van der Waals surface area contributed by atoms with Crippen LogP contribution in [0.3, 0.4) is 0 Å². The Morgan fingerprint density at radius 2 is 1.42 bits per heavy atom. The summed E-state index contributed by atoms with van der Waals surface area (Å²) in [5, 5.41) is 11.3. The fraction of sp³-hybridized carbons (Fsp3) is 0.968. The molecule has 0 aromatic carbocycles. The van der Waals surface area contributed by atoms with Crippen LogP contribution in [0.4, 0.5) is 0 Å². The van der Waals surface area contributed by atoms with Gasteiger partial charge < -0.3 is 19.3 Å². The van der Waals surface area contributed by atoms with Gasteiger partial charge in [-0.1, -0.05) is 97.3 Å². The van der Waals surface area contributed by atoms with Crippen molar-refractivity contribution in [2.45, 2.75) is 181 Å². The minimum Gasteiger partial charge on any atom is -0.460 e. The van der Waals surface area contributed by atoms with Crippen LogP contribution >= 0.6 is 0 Å². The highest BCUT2D eigenvalue weighted by molar-refractivity contribution is 5.73. The third-order valence-corrected chi connectivity index (χ3v) is 7.16. The number of ether oxygens (including phenoxy) is 3. The van der Waals surface area contributed by atoms with E-state index in [0.29, 0.717) is 12.8 Å². The monoisotopic (exact) mass is 512 g/mol. The van der Waals surface area contributed by atoms with E-state index in [-0.39, 0.29) is 18.4 Å². The zero-order valence-electron chi connectivity index (χ0n) is 24.5. The lowest BCUT2D eigenvalue weighted by Crippen LogP contribution is -2.38. The van der Waals surface area contributed by atoms with Crippen molar-refractivity contribution >= 4 is 5.97 Å². The van der Waals surface area contributed by atoms with Gasteiger partial charge in [-0.15, -0.1) is 0 Å². The summed E-state index contributed by atoms with van der Waals surface area (Å²) in [6, 6.07) is 0. The lowest BCUT2D eigenvalue weighted by Gasteiger charge is -2.31. The van der Waals surface area contributed by atoms with Crippen LogP contribution < -0.4 is 0 Å². The second-order valence-corrected chi connectivity index (χ2v) is 12.0. The summed E-state index contributed by atoms with van der Waals surface area (Å²) in [4.78, 5) is 13.0. The molecule has 1 rings (SSSR count). The number of esters is 1. The maximum absolute atomic E-state index is 13.0. The predicted molar refractivity (Wildman–Crippen MR) is 149 cm³/mol. The molecule has 1 saturated heterocycles. The minimum atomic E-state index is -0.756. The minimum absolute atomic E-state index is 0.0896. The first-order valence-electron chi connectivity index (χ1n) is 15.4. The number of hydrogen-bond acceptors (Lipinski definition) is 5. The Morgan fingerprint density at radius 1 is 0.861 bits per heavy atom. The molecule has 0 aromatic heterocycles. The maximum atomic E-state index is 13.0. The average molecular weight is 513 g/mol. The molecule has 4 atom stereocenters. The molecule has 214 valence electrons. The van der Waals surface area contributed by atoms with Crippen LogP contribution in [-0.4, -0.2) is 41.8 Å². The summed E-state index contributed by atoms with van der Waals surface area (Å²) in [5.74, 6) is -0.773. The number of unbranched alkanes of at least 4 members (excludes halogenated alkanes) is 11. The van der Waals surface area contributed by atoms with E-state index in [4.69, 9.17) is 14.2 Å². The first-order valence-corrected chi connectivity index (χ1v) is 15.4. The van der Waals surface area contributed by atoms with Crippen molar-refractivity contribution in [2.75, 3.05) is 6.61 Å². The SMILES string of the molecule is CCCCCCCCCCCC(CC(O)C(CCCCCC)C(=O)OC(C)(C)C)O[C@@H]1CCCCO1. The zero-order valence-corrected chi connectivity index (χ0v) is 24.5. The van der Waals surface area contributed by atoms with E-state index in [9.17, 15) is 9.90 Å². The van der Waals surface area contributed by atoms with Crippen LogP contribution in [0.15, 0.2) is 0 Å². The number of aliphatic hydroxyl groups is 1. The van der Waals surface area contributed by atoms with Crippen LogP contribution in [0.25, 0.3) is 0 Å². The summed E-state index contributed by atoms with van der Waals surface area (Å²) >= 11 is 0. The van der Waals surface area contributed by atoms with Gasteiger partial charge in [0.1, 0.15) is 5.60 Å². The Hall–Kier alpha value is -0.650. The standard InChI is InChI=1S/C31H60O5/c1-6-8-10-12-13-14-15-16-17-21-26(35-29-23-19-20-24-34-29)25-28(32)27(22-18-11-9-7-2)30(33)36-31(3,4)5/h26-29,32H,6-25H2,1-5H3/t26?,27?,28?,29-/m1/s1. The highest BCUT2D eigenvalue weighted by atomic mass is 16.7. The fourth-order valence-corrected chi connectivity index (χ4v) is 5.03.